The van der Waals surface area contributed by atoms with Gasteiger partial charge < -0.3 is 18.2 Å². The third kappa shape index (κ3) is 3.28. The first-order valence-corrected chi connectivity index (χ1v) is 14.8. The van der Waals surface area contributed by atoms with Gasteiger partial charge in [-0.25, -0.2) is 0 Å². The van der Waals surface area contributed by atoms with Crippen molar-refractivity contribution in [2.75, 3.05) is 4.90 Å². The quantitative estimate of drug-likeness (QED) is 0.214. The summed E-state index contributed by atoms with van der Waals surface area (Å²) in [6.45, 7) is 0. The van der Waals surface area contributed by atoms with E-state index in [-0.39, 0.29) is 0 Å². The van der Waals surface area contributed by atoms with Crippen LogP contribution in [-0.2, 0) is 0 Å². The Morgan fingerprint density at radius 2 is 0.977 bits per heavy atom. The standard InChI is InChI=1S/C40H23NO3/c1-2-9-25(10-3-1)41(27-15-17-30-29-12-6-7-13-33(29)43-37(30)23-27)26-16-20-34-32(22-26)39-36(42-34)21-18-31-38-28-11-5-4-8-24(28)14-19-35(38)44-40(31)39/h1-23H. The van der Waals surface area contributed by atoms with Gasteiger partial charge in [0.1, 0.15) is 33.5 Å². The van der Waals surface area contributed by atoms with Crippen LogP contribution in [0.2, 0.25) is 0 Å². The molecule has 7 aromatic carbocycles. The molecule has 44 heavy (non-hydrogen) atoms. The highest BCUT2D eigenvalue weighted by molar-refractivity contribution is 6.26. The summed E-state index contributed by atoms with van der Waals surface area (Å²) in [5, 5.41) is 8.83. The Bertz CT molecular complexity index is 2730. The van der Waals surface area contributed by atoms with Crippen molar-refractivity contribution in [2.24, 2.45) is 0 Å². The molecule has 4 heteroatoms. The summed E-state index contributed by atoms with van der Waals surface area (Å²) >= 11 is 0. The number of nitrogens with zero attached hydrogens (tertiary/aromatic N) is 1. The first kappa shape index (κ1) is 23.6. The van der Waals surface area contributed by atoms with Crippen molar-refractivity contribution in [3.05, 3.63) is 140 Å². The van der Waals surface area contributed by atoms with Crippen LogP contribution in [0.25, 0.3) is 76.6 Å². The van der Waals surface area contributed by atoms with Gasteiger partial charge in [-0.15, -0.1) is 0 Å². The molecule has 10 rings (SSSR count). The summed E-state index contributed by atoms with van der Waals surface area (Å²) in [4.78, 5) is 2.26. The molecule has 0 bridgehead atoms. The van der Waals surface area contributed by atoms with Crippen molar-refractivity contribution in [1.29, 1.82) is 0 Å². The van der Waals surface area contributed by atoms with Gasteiger partial charge in [0, 0.05) is 50.1 Å². The first-order valence-electron chi connectivity index (χ1n) is 14.8. The normalized spacial score (nSPS) is 12.1. The maximum atomic E-state index is 6.60. The third-order valence-electron chi connectivity index (χ3n) is 8.84. The monoisotopic (exact) mass is 565 g/mol. The molecule has 0 spiro atoms. The zero-order valence-corrected chi connectivity index (χ0v) is 23.5. The molecule has 0 radical (unpaired) electrons. The average Bonchev–Trinajstić information content (AvgIpc) is 3.76. The number of furan rings is 3. The van der Waals surface area contributed by atoms with E-state index in [9.17, 15) is 0 Å². The third-order valence-corrected chi connectivity index (χ3v) is 8.84. The summed E-state index contributed by atoms with van der Waals surface area (Å²) in [7, 11) is 0. The lowest BCUT2D eigenvalue weighted by Gasteiger charge is -2.25. The summed E-state index contributed by atoms with van der Waals surface area (Å²) in [6, 6.07) is 48.3. The molecule has 0 saturated carbocycles. The fourth-order valence-corrected chi connectivity index (χ4v) is 6.87. The summed E-state index contributed by atoms with van der Waals surface area (Å²) in [6.07, 6.45) is 0. The Balaban J connectivity index is 1.23. The lowest BCUT2D eigenvalue weighted by molar-refractivity contribution is 0.663. The number of anilines is 3. The second kappa shape index (κ2) is 8.76. The van der Waals surface area contributed by atoms with Crippen LogP contribution < -0.4 is 4.90 Å². The van der Waals surface area contributed by atoms with Gasteiger partial charge in [-0.3, -0.25) is 0 Å². The van der Waals surface area contributed by atoms with Crippen LogP contribution in [-0.4, -0.2) is 0 Å². The first-order chi connectivity index (χ1) is 21.8. The van der Waals surface area contributed by atoms with Crippen LogP contribution in [0.15, 0.2) is 153 Å². The molecular weight excluding hydrogens is 542 g/mol. The van der Waals surface area contributed by atoms with E-state index in [4.69, 9.17) is 13.3 Å². The number of benzene rings is 7. The summed E-state index contributed by atoms with van der Waals surface area (Å²) in [5.74, 6) is 0. The molecule has 0 fully saturated rings. The zero-order chi connectivity index (χ0) is 28.8. The second-order valence-corrected chi connectivity index (χ2v) is 11.3. The average molecular weight is 566 g/mol. The molecule has 206 valence electrons. The molecule has 0 N–H and O–H groups in total. The summed E-state index contributed by atoms with van der Waals surface area (Å²) < 4.78 is 19.3. The zero-order valence-electron chi connectivity index (χ0n) is 23.5. The molecule has 0 aliphatic carbocycles. The topological polar surface area (TPSA) is 42.7 Å². The number of fused-ring (bicyclic) bond motifs is 12. The van der Waals surface area contributed by atoms with Crippen LogP contribution in [0.3, 0.4) is 0 Å². The van der Waals surface area contributed by atoms with Gasteiger partial charge in [-0.2, -0.15) is 0 Å². The molecule has 10 aromatic rings. The number of para-hydroxylation sites is 2. The Hall–Kier alpha value is -6.00. The van der Waals surface area contributed by atoms with Crippen molar-refractivity contribution in [3.8, 4) is 0 Å². The van der Waals surface area contributed by atoms with E-state index in [0.717, 1.165) is 82.9 Å². The van der Waals surface area contributed by atoms with Gasteiger partial charge in [-0.05, 0) is 77.5 Å². The van der Waals surface area contributed by atoms with Crippen molar-refractivity contribution < 1.29 is 13.3 Å². The SMILES string of the molecule is c1ccc(N(c2ccc3c(c2)oc2ccccc23)c2ccc3oc4ccc5c(oc6ccc7ccccc7c65)c4c3c2)cc1. The van der Waals surface area contributed by atoms with Crippen LogP contribution in [0.4, 0.5) is 17.1 Å². The van der Waals surface area contributed by atoms with E-state index in [1.807, 2.05) is 24.3 Å². The van der Waals surface area contributed by atoms with Crippen LogP contribution >= 0.6 is 0 Å². The van der Waals surface area contributed by atoms with E-state index >= 15 is 0 Å². The van der Waals surface area contributed by atoms with Gasteiger partial charge in [-0.1, -0.05) is 66.7 Å². The molecule has 3 heterocycles. The van der Waals surface area contributed by atoms with E-state index in [2.05, 4.69) is 120 Å². The maximum Gasteiger partial charge on any atom is 0.147 e. The van der Waals surface area contributed by atoms with Crippen LogP contribution in [0.5, 0.6) is 0 Å². The van der Waals surface area contributed by atoms with Gasteiger partial charge in [0.2, 0.25) is 0 Å². The minimum Gasteiger partial charge on any atom is -0.456 e. The van der Waals surface area contributed by atoms with Gasteiger partial charge in [0.25, 0.3) is 0 Å². The molecule has 0 amide bonds. The Morgan fingerprint density at radius 1 is 0.341 bits per heavy atom. The largest absolute Gasteiger partial charge is 0.456 e. The molecule has 0 aliphatic heterocycles. The lowest BCUT2D eigenvalue weighted by Crippen LogP contribution is -2.09. The molecule has 0 unspecified atom stereocenters. The fraction of sp³-hybridized carbons (Fsp3) is 0. The Labute approximate surface area is 250 Å². The van der Waals surface area contributed by atoms with Gasteiger partial charge in [0.15, 0.2) is 0 Å². The predicted molar refractivity (Wildman–Crippen MR) is 180 cm³/mol. The highest BCUT2D eigenvalue weighted by Gasteiger charge is 2.20. The van der Waals surface area contributed by atoms with Crippen molar-refractivity contribution in [2.45, 2.75) is 0 Å². The maximum absolute atomic E-state index is 6.60. The number of hydrogen-bond acceptors (Lipinski definition) is 4. The minimum absolute atomic E-state index is 0.808. The van der Waals surface area contributed by atoms with Crippen molar-refractivity contribution >= 4 is 93.7 Å². The van der Waals surface area contributed by atoms with E-state index in [0.29, 0.717) is 0 Å². The van der Waals surface area contributed by atoms with E-state index < -0.39 is 0 Å². The number of hydrogen-bond donors (Lipinski definition) is 0. The van der Waals surface area contributed by atoms with Gasteiger partial charge in [0.05, 0.1) is 5.39 Å². The van der Waals surface area contributed by atoms with Crippen molar-refractivity contribution in [3.63, 3.8) is 0 Å². The second-order valence-electron chi connectivity index (χ2n) is 11.3. The van der Waals surface area contributed by atoms with Crippen LogP contribution in [0, 0.1) is 0 Å². The van der Waals surface area contributed by atoms with E-state index in [1.54, 1.807) is 0 Å². The predicted octanol–water partition coefficient (Wildman–Crippen LogP) is 12.0. The highest BCUT2D eigenvalue weighted by atomic mass is 16.3. The molecule has 0 aliphatic rings. The van der Waals surface area contributed by atoms with Crippen molar-refractivity contribution in [1.82, 2.24) is 0 Å². The van der Waals surface area contributed by atoms with Crippen LogP contribution in [0.1, 0.15) is 0 Å². The molecule has 0 atom stereocenters. The minimum atomic E-state index is 0.808. The van der Waals surface area contributed by atoms with E-state index in [1.165, 1.54) is 10.8 Å². The molecule has 0 saturated heterocycles. The molecular formula is C40H23NO3. The Kier molecular flexibility index (Phi) is 4.69. The smallest absolute Gasteiger partial charge is 0.147 e. The highest BCUT2D eigenvalue weighted by Crippen LogP contribution is 2.44. The number of rotatable bonds is 3. The Morgan fingerprint density at radius 3 is 1.91 bits per heavy atom. The molecule has 4 nitrogen and oxygen atoms in total. The van der Waals surface area contributed by atoms with Gasteiger partial charge >= 0.3 is 0 Å². The lowest BCUT2D eigenvalue weighted by atomic mass is 10.0. The summed E-state index contributed by atoms with van der Waals surface area (Å²) in [5.41, 5.74) is 8.17. The molecule has 3 aromatic heterocycles. The fourth-order valence-electron chi connectivity index (χ4n) is 6.87.